The Hall–Kier alpha value is -2.15. The van der Waals surface area contributed by atoms with Gasteiger partial charge in [0.1, 0.15) is 0 Å². The maximum Gasteiger partial charge on any atom is 0.0991 e. The van der Waals surface area contributed by atoms with E-state index in [4.69, 9.17) is 5.26 Å². The van der Waals surface area contributed by atoms with E-state index in [2.05, 4.69) is 53.7 Å². The molecule has 1 unspecified atom stereocenters. The SMILES string of the molecule is CN1Cc2cc(C#N)ccc2C(c2ccc3ccsc3c2)C1. The molecule has 0 aliphatic carbocycles. The van der Waals surface area contributed by atoms with Crippen LogP contribution in [-0.2, 0) is 6.54 Å². The van der Waals surface area contributed by atoms with Crippen LogP contribution in [0.1, 0.15) is 28.2 Å². The van der Waals surface area contributed by atoms with Gasteiger partial charge in [0, 0.05) is 23.7 Å². The van der Waals surface area contributed by atoms with Crippen LogP contribution in [0.5, 0.6) is 0 Å². The zero-order valence-electron chi connectivity index (χ0n) is 12.4. The molecule has 2 nitrogen and oxygen atoms in total. The summed E-state index contributed by atoms with van der Waals surface area (Å²) in [6.45, 7) is 1.94. The fraction of sp³-hybridized carbons (Fsp3) is 0.211. The molecule has 1 aliphatic heterocycles. The van der Waals surface area contributed by atoms with Gasteiger partial charge < -0.3 is 4.90 Å². The van der Waals surface area contributed by atoms with E-state index >= 15 is 0 Å². The van der Waals surface area contributed by atoms with Gasteiger partial charge in [0.2, 0.25) is 0 Å². The van der Waals surface area contributed by atoms with Gasteiger partial charge in [0.05, 0.1) is 11.6 Å². The van der Waals surface area contributed by atoms with Crippen molar-refractivity contribution in [2.75, 3.05) is 13.6 Å². The minimum Gasteiger partial charge on any atom is -0.301 e. The Kier molecular flexibility index (Phi) is 3.22. The van der Waals surface area contributed by atoms with Gasteiger partial charge in [0.15, 0.2) is 0 Å². The van der Waals surface area contributed by atoms with E-state index in [0.717, 1.165) is 18.7 Å². The molecule has 1 aliphatic rings. The smallest absolute Gasteiger partial charge is 0.0991 e. The normalized spacial score (nSPS) is 18.1. The lowest BCUT2D eigenvalue weighted by Gasteiger charge is -2.32. The van der Waals surface area contributed by atoms with Crippen molar-refractivity contribution in [1.29, 1.82) is 5.26 Å². The Balaban J connectivity index is 1.83. The van der Waals surface area contributed by atoms with Gasteiger partial charge in [-0.05, 0) is 58.8 Å². The van der Waals surface area contributed by atoms with Crippen molar-refractivity contribution in [2.45, 2.75) is 12.5 Å². The van der Waals surface area contributed by atoms with Crippen LogP contribution in [0.3, 0.4) is 0 Å². The second kappa shape index (κ2) is 5.24. The van der Waals surface area contributed by atoms with Crippen molar-refractivity contribution >= 4 is 21.4 Å². The predicted molar refractivity (Wildman–Crippen MR) is 91.2 cm³/mol. The molecule has 2 heterocycles. The van der Waals surface area contributed by atoms with Crippen LogP contribution < -0.4 is 0 Å². The number of thiophene rings is 1. The number of rotatable bonds is 1. The fourth-order valence-electron chi connectivity index (χ4n) is 3.39. The molecule has 0 saturated carbocycles. The standard InChI is InChI=1S/C19H16N2S/c1-21-11-16-8-13(10-20)2-5-17(16)18(12-21)15-4-3-14-6-7-22-19(14)9-15/h2-9,18H,11-12H2,1H3. The first kappa shape index (κ1) is 13.5. The number of hydrogen-bond acceptors (Lipinski definition) is 3. The second-order valence-corrected chi connectivity index (χ2v) is 6.94. The molecule has 1 atom stereocenters. The molecule has 0 radical (unpaired) electrons. The average Bonchev–Trinajstić information content (AvgIpc) is 3.00. The summed E-state index contributed by atoms with van der Waals surface area (Å²) in [4.78, 5) is 2.34. The van der Waals surface area contributed by atoms with Gasteiger partial charge in [-0.1, -0.05) is 18.2 Å². The Morgan fingerprint density at radius 3 is 2.95 bits per heavy atom. The molecule has 22 heavy (non-hydrogen) atoms. The van der Waals surface area contributed by atoms with E-state index in [0.29, 0.717) is 5.92 Å². The van der Waals surface area contributed by atoms with E-state index in [1.54, 1.807) is 11.3 Å². The first-order chi connectivity index (χ1) is 10.7. The summed E-state index contributed by atoms with van der Waals surface area (Å²) in [5, 5.41) is 12.6. The van der Waals surface area contributed by atoms with Crippen LogP contribution in [0.2, 0.25) is 0 Å². The van der Waals surface area contributed by atoms with E-state index in [1.807, 2.05) is 12.1 Å². The molecule has 0 spiro atoms. The fourth-order valence-corrected chi connectivity index (χ4v) is 4.23. The highest BCUT2D eigenvalue weighted by Gasteiger charge is 2.25. The van der Waals surface area contributed by atoms with Crippen molar-refractivity contribution in [3.8, 4) is 6.07 Å². The van der Waals surface area contributed by atoms with Crippen molar-refractivity contribution < 1.29 is 0 Å². The Morgan fingerprint density at radius 2 is 2.09 bits per heavy atom. The lowest BCUT2D eigenvalue weighted by Crippen LogP contribution is -2.31. The summed E-state index contributed by atoms with van der Waals surface area (Å²) in [6.07, 6.45) is 0. The number of nitriles is 1. The summed E-state index contributed by atoms with van der Waals surface area (Å²) in [6, 6.07) is 17.3. The zero-order valence-corrected chi connectivity index (χ0v) is 13.2. The summed E-state index contributed by atoms with van der Waals surface area (Å²) in [5.74, 6) is 0.382. The van der Waals surface area contributed by atoms with Crippen LogP contribution in [-0.4, -0.2) is 18.5 Å². The Bertz CT molecular complexity index is 888. The first-order valence-electron chi connectivity index (χ1n) is 7.43. The van der Waals surface area contributed by atoms with Crippen LogP contribution in [0.15, 0.2) is 47.8 Å². The summed E-state index contributed by atoms with van der Waals surface area (Å²) < 4.78 is 1.35. The molecule has 0 fully saturated rings. The molecule has 3 heteroatoms. The van der Waals surface area contributed by atoms with Gasteiger partial charge in [-0.25, -0.2) is 0 Å². The summed E-state index contributed by atoms with van der Waals surface area (Å²) in [5.41, 5.74) is 4.77. The van der Waals surface area contributed by atoms with Gasteiger partial charge in [-0.15, -0.1) is 11.3 Å². The third-order valence-electron chi connectivity index (χ3n) is 4.46. The molecule has 0 amide bonds. The third kappa shape index (κ3) is 2.21. The number of fused-ring (bicyclic) bond motifs is 2. The predicted octanol–water partition coefficient (Wildman–Crippen LogP) is 4.35. The second-order valence-electron chi connectivity index (χ2n) is 5.99. The number of hydrogen-bond donors (Lipinski definition) is 0. The molecule has 1 aromatic heterocycles. The highest BCUT2D eigenvalue weighted by molar-refractivity contribution is 7.17. The van der Waals surface area contributed by atoms with Crippen LogP contribution in [0.4, 0.5) is 0 Å². The molecule has 0 N–H and O–H groups in total. The largest absolute Gasteiger partial charge is 0.301 e. The molecule has 0 bridgehead atoms. The quantitative estimate of drug-likeness (QED) is 0.668. The highest BCUT2D eigenvalue weighted by atomic mass is 32.1. The lowest BCUT2D eigenvalue weighted by molar-refractivity contribution is 0.295. The lowest BCUT2D eigenvalue weighted by atomic mass is 9.84. The minimum atomic E-state index is 0.382. The van der Waals surface area contributed by atoms with E-state index in [1.165, 1.54) is 26.8 Å². The zero-order chi connectivity index (χ0) is 15.1. The topological polar surface area (TPSA) is 27.0 Å². The molecule has 2 aromatic carbocycles. The van der Waals surface area contributed by atoms with E-state index in [9.17, 15) is 0 Å². The molecule has 108 valence electrons. The van der Waals surface area contributed by atoms with Crippen molar-refractivity contribution in [1.82, 2.24) is 4.90 Å². The van der Waals surface area contributed by atoms with Crippen molar-refractivity contribution in [3.05, 3.63) is 70.1 Å². The van der Waals surface area contributed by atoms with Gasteiger partial charge in [0.25, 0.3) is 0 Å². The summed E-state index contributed by atoms with van der Waals surface area (Å²) in [7, 11) is 2.15. The number of benzene rings is 2. The van der Waals surface area contributed by atoms with E-state index < -0.39 is 0 Å². The Morgan fingerprint density at radius 1 is 1.18 bits per heavy atom. The molecule has 3 aromatic rings. The minimum absolute atomic E-state index is 0.382. The maximum absolute atomic E-state index is 9.12. The molecule has 4 rings (SSSR count). The molecular weight excluding hydrogens is 288 g/mol. The van der Waals surface area contributed by atoms with Gasteiger partial charge in [-0.3, -0.25) is 0 Å². The number of likely N-dealkylation sites (N-methyl/N-ethyl adjacent to an activating group) is 1. The maximum atomic E-state index is 9.12. The van der Waals surface area contributed by atoms with E-state index in [-0.39, 0.29) is 0 Å². The number of nitrogens with zero attached hydrogens (tertiary/aromatic N) is 2. The van der Waals surface area contributed by atoms with Crippen molar-refractivity contribution in [2.24, 2.45) is 0 Å². The molecule has 0 saturated heterocycles. The molecular formula is C19H16N2S. The average molecular weight is 304 g/mol. The van der Waals surface area contributed by atoms with Crippen LogP contribution >= 0.6 is 11.3 Å². The van der Waals surface area contributed by atoms with Crippen LogP contribution in [0.25, 0.3) is 10.1 Å². The first-order valence-corrected chi connectivity index (χ1v) is 8.31. The van der Waals surface area contributed by atoms with Gasteiger partial charge in [-0.2, -0.15) is 5.26 Å². The monoisotopic (exact) mass is 304 g/mol. The third-order valence-corrected chi connectivity index (χ3v) is 5.34. The van der Waals surface area contributed by atoms with Gasteiger partial charge >= 0.3 is 0 Å². The van der Waals surface area contributed by atoms with Crippen LogP contribution in [0, 0.1) is 11.3 Å². The highest BCUT2D eigenvalue weighted by Crippen LogP contribution is 2.35. The van der Waals surface area contributed by atoms with Crippen molar-refractivity contribution in [3.63, 3.8) is 0 Å². The summed E-state index contributed by atoms with van der Waals surface area (Å²) >= 11 is 1.80. The Labute approximate surface area is 134 Å².